The lowest BCUT2D eigenvalue weighted by atomic mass is 10.2. The molecule has 0 bridgehead atoms. The largest absolute Gasteiger partial charge is 0.369 e. The number of hydrogen-bond acceptors (Lipinski definition) is 8. The number of anilines is 3. The molecule has 1 aromatic heterocycles. The fourth-order valence-corrected chi connectivity index (χ4v) is 3.54. The Bertz CT molecular complexity index is 1280. The number of rotatable bonds is 14. The Hall–Kier alpha value is -4.43. The van der Waals surface area contributed by atoms with E-state index >= 15 is 0 Å². The van der Waals surface area contributed by atoms with Crippen molar-refractivity contribution in [2.75, 3.05) is 65.5 Å². The van der Waals surface area contributed by atoms with Gasteiger partial charge < -0.3 is 30.7 Å². The summed E-state index contributed by atoms with van der Waals surface area (Å²) in [6.45, 7) is 5.62. The van der Waals surface area contributed by atoms with Gasteiger partial charge in [0.1, 0.15) is 11.9 Å². The molecular weight excluding hydrogens is 532 g/mol. The Balaban J connectivity index is 1.91. The zero-order valence-electron chi connectivity index (χ0n) is 25.8. The topological polar surface area (TPSA) is 123 Å². The summed E-state index contributed by atoms with van der Waals surface area (Å²) >= 11 is 0. The van der Waals surface area contributed by atoms with Crippen LogP contribution in [0.3, 0.4) is 0 Å². The molecule has 0 saturated heterocycles. The van der Waals surface area contributed by atoms with Crippen LogP contribution in [0.25, 0.3) is 0 Å². The number of carbonyl (C=O) groups is 3. The van der Waals surface area contributed by atoms with Crippen molar-refractivity contribution < 1.29 is 14.4 Å². The zero-order chi connectivity index (χ0) is 31.1. The fourth-order valence-electron chi connectivity index (χ4n) is 3.54. The molecule has 1 atom stereocenters. The van der Waals surface area contributed by atoms with Gasteiger partial charge in [0.05, 0.1) is 11.8 Å². The van der Waals surface area contributed by atoms with E-state index in [0.29, 0.717) is 48.8 Å². The number of benzene rings is 1. The van der Waals surface area contributed by atoms with Gasteiger partial charge in [0.15, 0.2) is 0 Å². The van der Waals surface area contributed by atoms with Gasteiger partial charge >= 0.3 is 0 Å². The molecule has 2 rings (SSSR count). The second-order valence-electron chi connectivity index (χ2n) is 10.3. The molecule has 42 heavy (non-hydrogen) atoms. The zero-order valence-corrected chi connectivity index (χ0v) is 25.8. The van der Waals surface area contributed by atoms with Crippen molar-refractivity contribution >= 4 is 35.2 Å². The first-order valence-corrected chi connectivity index (χ1v) is 14.1. The summed E-state index contributed by atoms with van der Waals surface area (Å²) < 4.78 is 0. The summed E-state index contributed by atoms with van der Waals surface area (Å²) in [5, 5.41) is 9.35. The molecule has 1 aromatic carbocycles. The number of carbonyl (C=O) groups excluding carboxylic acids is 3. The Kier molecular flexibility index (Phi) is 14.0. The summed E-state index contributed by atoms with van der Waals surface area (Å²) in [5.41, 5.74) is 2.04. The minimum atomic E-state index is -0.581. The van der Waals surface area contributed by atoms with Gasteiger partial charge in [0.2, 0.25) is 17.8 Å². The summed E-state index contributed by atoms with van der Waals surface area (Å²) in [4.78, 5) is 50.8. The van der Waals surface area contributed by atoms with Crippen molar-refractivity contribution in [3.8, 4) is 11.8 Å². The molecule has 0 saturated carbocycles. The van der Waals surface area contributed by atoms with Gasteiger partial charge in [-0.1, -0.05) is 24.8 Å². The highest BCUT2D eigenvalue weighted by molar-refractivity contribution is 5.94. The van der Waals surface area contributed by atoms with Crippen molar-refractivity contribution in [2.45, 2.75) is 39.2 Å². The highest BCUT2D eigenvalue weighted by Crippen LogP contribution is 2.18. The van der Waals surface area contributed by atoms with Crippen LogP contribution in [-0.4, -0.2) is 103 Å². The van der Waals surface area contributed by atoms with Crippen LogP contribution in [0.5, 0.6) is 0 Å². The lowest BCUT2D eigenvalue weighted by molar-refractivity contribution is -0.135. The molecule has 3 N–H and O–H groups in total. The van der Waals surface area contributed by atoms with Crippen LogP contribution in [0.4, 0.5) is 17.5 Å². The van der Waals surface area contributed by atoms with Crippen LogP contribution < -0.4 is 16.0 Å². The van der Waals surface area contributed by atoms with Crippen LogP contribution in [-0.2, 0) is 9.59 Å². The van der Waals surface area contributed by atoms with E-state index in [1.807, 2.05) is 31.1 Å². The molecule has 11 nitrogen and oxygen atoms in total. The number of nitrogens with one attached hydrogen (secondary N) is 3. The number of likely N-dealkylation sites (N-methyl/N-ethyl adjacent to an activating group) is 2. The second kappa shape index (κ2) is 17.4. The van der Waals surface area contributed by atoms with Crippen molar-refractivity contribution in [2.24, 2.45) is 0 Å². The Morgan fingerprint density at radius 1 is 1.05 bits per heavy atom. The quantitative estimate of drug-likeness (QED) is 0.178. The maximum Gasteiger partial charge on any atom is 0.253 e. The van der Waals surface area contributed by atoms with Crippen LogP contribution in [0, 0.1) is 11.8 Å². The SMILES string of the molecule is CCCNc1nc(Nc2ccc(C(=O)N(C)C)cc2)ncc1C#CCCCNC(=O)[C@H](C)N(C)C(=O)/C=C/CN(C)C. The van der Waals surface area contributed by atoms with Crippen molar-refractivity contribution in [3.63, 3.8) is 0 Å². The number of amides is 3. The third kappa shape index (κ3) is 11.2. The van der Waals surface area contributed by atoms with Gasteiger partial charge in [-0.15, -0.1) is 0 Å². The third-order valence-electron chi connectivity index (χ3n) is 6.17. The van der Waals surface area contributed by atoms with Gasteiger partial charge in [-0.3, -0.25) is 14.4 Å². The molecule has 0 radical (unpaired) electrons. The van der Waals surface area contributed by atoms with Gasteiger partial charge in [-0.05, 0) is 58.1 Å². The number of nitrogens with zero attached hydrogens (tertiary/aromatic N) is 5. The predicted octanol–water partition coefficient (Wildman–Crippen LogP) is 2.96. The molecular formula is C31H44N8O3. The van der Waals surface area contributed by atoms with E-state index in [1.54, 1.807) is 52.5 Å². The average molecular weight is 577 g/mol. The van der Waals surface area contributed by atoms with Crippen LogP contribution >= 0.6 is 0 Å². The maximum atomic E-state index is 12.5. The minimum Gasteiger partial charge on any atom is -0.369 e. The van der Waals surface area contributed by atoms with Crippen molar-refractivity contribution in [3.05, 3.63) is 53.7 Å². The van der Waals surface area contributed by atoms with E-state index in [-0.39, 0.29) is 17.7 Å². The van der Waals surface area contributed by atoms with Gasteiger partial charge in [-0.2, -0.15) is 4.98 Å². The summed E-state index contributed by atoms with van der Waals surface area (Å²) in [6.07, 6.45) is 7.09. The number of hydrogen-bond donors (Lipinski definition) is 3. The number of unbranched alkanes of at least 4 members (excludes halogenated alkanes) is 1. The average Bonchev–Trinajstić information content (AvgIpc) is 2.97. The lowest BCUT2D eigenvalue weighted by Gasteiger charge is -2.23. The Labute approximate surface area is 249 Å². The molecule has 0 fully saturated rings. The maximum absolute atomic E-state index is 12.5. The monoisotopic (exact) mass is 576 g/mol. The van der Waals surface area contributed by atoms with E-state index in [4.69, 9.17) is 0 Å². The van der Waals surface area contributed by atoms with Crippen LogP contribution in [0.1, 0.15) is 49.0 Å². The van der Waals surface area contributed by atoms with Gasteiger partial charge in [0.25, 0.3) is 5.91 Å². The molecule has 0 unspecified atom stereocenters. The fraction of sp³-hybridized carbons (Fsp3) is 0.452. The lowest BCUT2D eigenvalue weighted by Crippen LogP contribution is -2.45. The van der Waals surface area contributed by atoms with Crippen LogP contribution in [0.15, 0.2) is 42.6 Å². The molecule has 1 heterocycles. The van der Waals surface area contributed by atoms with E-state index in [1.165, 1.54) is 15.9 Å². The summed E-state index contributed by atoms with van der Waals surface area (Å²) in [5.74, 6) is 6.83. The van der Waals surface area contributed by atoms with E-state index in [0.717, 1.165) is 18.7 Å². The summed E-state index contributed by atoms with van der Waals surface area (Å²) in [7, 11) is 8.89. The van der Waals surface area contributed by atoms with Crippen molar-refractivity contribution in [1.82, 2.24) is 30.0 Å². The first-order valence-electron chi connectivity index (χ1n) is 14.1. The first kappa shape index (κ1) is 33.8. The van der Waals surface area contributed by atoms with E-state index in [2.05, 4.69) is 44.7 Å². The predicted molar refractivity (Wildman–Crippen MR) is 168 cm³/mol. The number of aromatic nitrogens is 2. The van der Waals surface area contributed by atoms with Gasteiger partial charge in [-0.25, -0.2) is 4.98 Å². The van der Waals surface area contributed by atoms with Gasteiger partial charge in [0, 0.05) is 64.5 Å². The third-order valence-corrected chi connectivity index (χ3v) is 6.17. The normalized spacial score (nSPS) is 11.4. The Morgan fingerprint density at radius 2 is 1.76 bits per heavy atom. The highest BCUT2D eigenvalue weighted by atomic mass is 16.2. The molecule has 2 aromatic rings. The van der Waals surface area contributed by atoms with E-state index < -0.39 is 6.04 Å². The minimum absolute atomic E-state index is 0.0628. The molecule has 0 spiro atoms. The molecule has 226 valence electrons. The van der Waals surface area contributed by atoms with Crippen molar-refractivity contribution in [1.29, 1.82) is 0 Å². The Morgan fingerprint density at radius 3 is 2.40 bits per heavy atom. The molecule has 0 aliphatic carbocycles. The molecule has 0 aliphatic heterocycles. The molecule has 0 aliphatic rings. The smallest absolute Gasteiger partial charge is 0.253 e. The molecule has 3 amide bonds. The molecule has 11 heteroatoms. The highest BCUT2D eigenvalue weighted by Gasteiger charge is 2.20. The summed E-state index contributed by atoms with van der Waals surface area (Å²) in [6, 6.07) is 6.55. The van der Waals surface area contributed by atoms with E-state index in [9.17, 15) is 14.4 Å². The van der Waals surface area contributed by atoms with Crippen LogP contribution in [0.2, 0.25) is 0 Å². The standard InChI is InChI=1S/C31H44N8O3/c1-8-19-32-28-25(22-34-31(36-28)35-26-17-15-24(16-18-26)30(42)38(5)6)13-10-9-11-20-33-29(41)23(2)39(7)27(40)14-12-21-37(3)4/h12,14-18,22-23H,8-9,11,19-21H2,1-7H3,(H,33,41)(H2,32,34,35,36)/b14-12+/t23-/m0/s1. The second-order valence-corrected chi connectivity index (χ2v) is 10.3. The first-order chi connectivity index (χ1) is 20.0.